The van der Waals surface area contributed by atoms with E-state index < -0.39 is 0 Å². The van der Waals surface area contributed by atoms with E-state index in [1.807, 2.05) is 30.7 Å². The lowest BCUT2D eigenvalue weighted by atomic mass is 10.2. The van der Waals surface area contributed by atoms with E-state index >= 15 is 0 Å². The Morgan fingerprint density at radius 3 is 2.68 bits per heavy atom. The molecule has 4 rings (SSSR count). The standard InChI is InChI=1S/C17H16ClN5OS/c1-9-14(18)15(11-3-4-11)23(22-9)13-6-5-12(7-19-13)21-17(24)16-10(2)20-8-25-16/h5-8,11H,3-4H2,1-2H3,(H,21,24). The fraction of sp³-hybridized carbons (Fsp3) is 0.294. The normalized spacial score (nSPS) is 13.9. The molecule has 6 nitrogen and oxygen atoms in total. The molecule has 0 spiro atoms. The fourth-order valence-electron chi connectivity index (χ4n) is 2.70. The number of carbonyl (C=O) groups excluding carboxylic acids is 1. The molecule has 0 aliphatic heterocycles. The van der Waals surface area contributed by atoms with Gasteiger partial charge in [-0.25, -0.2) is 14.6 Å². The fourth-order valence-corrected chi connectivity index (χ4v) is 3.67. The molecule has 1 fully saturated rings. The van der Waals surface area contributed by atoms with Crippen molar-refractivity contribution in [2.75, 3.05) is 5.32 Å². The van der Waals surface area contributed by atoms with Crippen molar-refractivity contribution in [3.63, 3.8) is 0 Å². The van der Waals surface area contributed by atoms with Gasteiger partial charge in [0.2, 0.25) is 0 Å². The summed E-state index contributed by atoms with van der Waals surface area (Å²) in [5.41, 5.74) is 4.86. The van der Waals surface area contributed by atoms with Gasteiger partial charge in [0.15, 0.2) is 5.82 Å². The van der Waals surface area contributed by atoms with Gasteiger partial charge in [-0.15, -0.1) is 11.3 Å². The van der Waals surface area contributed by atoms with Crippen molar-refractivity contribution in [2.24, 2.45) is 0 Å². The first-order valence-corrected chi connectivity index (χ1v) is 9.23. The second-order valence-corrected chi connectivity index (χ2v) is 7.33. The van der Waals surface area contributed by atoms with Crippen LogP contribution in [0, 0.1) is 13.8 Å². The Morgan fingerprint density at radius 1 is 1.28 bits per heavy atom. The third-order valence-electron chi connectivity index (χ3n) is 4.16. The van der Waals surface area contributed by atoms with Crippen LogP contribution in [0.4, 0.5) is 5.69 Å². The maximum atomic E-state index is 12.2. The van der Waals surface area contributed by atoms with Crippen LogP contribution in [0.5, 0.6) is 0 Å². The first-order valence-electron chi connectivity index (χ1n) is 7.97. The minimum atomic E-state index is -0.175. The Morgan fingerprint density at radius 2 is 2.08 bits per heavy atom. The Balaban J connectivity index is 1.58. The Bertz CT molecular complexity index is 943. The summed E-state index contributed by atoms with van der Waals surface area (Å²) >= 11 is 7.72. The van der Waals surface area contributed by atoms with Gasteiger partial charge in [0.1, 0.15) is 4.88 Å². The first-order chi connectivity index (χ1) is 12.0. The van der Waals surface area contributed by atoms with E-state index in [0.717, 1.165) is 34.9 Å². The van der Waals surface area contributed by atoms with Crippen molar-refractivity contribution in [3.05, 3.63) is 50.8 Å². The molecule has 1 aliphatic carbocycles. The highest BCUT2D eigenvalue weighted by molar-refractivity contribution is 7.12. The van der Waals surface area contributed by atoms with E-state index in [1.54, 1.807) is 11.7 Å². The van der Waals surface area contributed by atoms with Gasteiger partial charge in [-0.05, 0) is 38.8 Å². The van der Waals surface area contributed by atoms with Crippen LogP contribution < -0.4 is 5.32 Å². The van der Waals surface area contributed by atoms with Gasteiger partial charge in [-0.3, -0.25) is 4.79 Å². The number of nitrogens with one attached hydrogen (secondary N) is 1. The maximum Gasteiger partial charge on any atom is 0.267 e. The number of nitrogens with zero attached hydrogens (tertiary/aromatic N) is 4. The van der Waals surface area contributed by atoms with Gasteiger partial charge in [0.05, 0.1) is 39.5 Å². The van der Waals surface area contributed by atoms with Gasteiger partial charge in [0, 0.05) is 5.92 Å². The summed E-state index contributed by atoms with van der Waals surface area (Å²) in [6.07, 6.45) is 3.89. The Labute approximate surface area is 153 Å². The maximum absolute atomic E-state index is 12.2. The number of anilines is 1. The third kappa shape index (κ3) is 3.05. The average Bonchev–Trinajstić information content (AvgIpc) is 3.27. The smallest absolute Gasteiger partial charge is 0.267 e. The SMILES string of the molecule is Cc1ncsc1C(=O)Nc1ccc(-n2nc(C)c(Cl)c2C2CC2)nc1. The van der Waals surface area contributed by atoms with E-state index in [1.165, 1.54) is 11.3 Å². The molecule has 8 heteroatoms. The van der Waals surface area contributed by atoms with E-state index in [-0.39, 0.29) is 5.91 Å². The van der Waals surface area contributed by atoms with Crippen molar-refractivity contribution >= 4 is 34.5 Å². The molecule has 3 aromatic heterocycles. The topological polar surface area (TPSA) is 72.7 Å². The molecule has 1 saturated carbocycles. The summed E-state index contributed by atoms with van der Waals surface area (Å²) in [6, 6.07) is 3.65. The summed E-state index contributed by atoms with van der Waals surface area (Å²) in [5.74, 6) is 0.985. The van der Waals surface area contributed by atoms with Crippen LogP contribution in [0.3, 0.4) is 0 Å². The molecule has 25 heavy (non-hydrogen) atoms. The number of hydrogen-bond donors (Lipinski definition) is 1. The molecule has 1 amide bonds. The molecule has 0 aromatic carbocycles. The molecule has 0 unspecified atom stereocenters. The molecule has 0 bridgehead atoms. The summed E-state index contributed by atoms with van der Waals surface area (Å²) in [6.45, 7) is 3.71. The highest BCUT2D eigenvalue weighted by Crippen LogP contribution is 2.44. The Kier molecular flexibility index (Phi) is 4.05. The zero-order chi connectivity index (χ0) is 17.6. The van der Waals surface area contributed by atoms with Crippen LogP contribution in [0.25, 0.3) is 5.82 Å². The monoisotopic (exact) mass is 373 g/mol. The number of pyridine rings is 1. The average molecular weight is 374 g/mol. The number of amides is 1. The second kappa shape index (κ2) is 6.24. The van der Waals surface area contributed by atoms with Crippen LogP contribution in [0.1, 0.15) is 45.5 Å². The van der Waals surface area contributed by atoms with E-state index in [2.05, 4.69) is 20.4 Å². The van der Waals surface area contributed by atoms with Crippen molar-refractivity contribution < 1.29 is 4.79 Å². The van der Waals surface area contributed by atoms with Gasteiger partial charge in [-0.1, -0.05) is 11.6 Å². The van der Waals surface area contributed by atoms with Gasteiger partial charge >= 0.3 is 0 Å². The quantitative estimate of drug-likeness (QED) is 0.746. The van der Waals surface area contributed by atoms with Crippen molar-refractivity contribution in [3.8, 4) is 5.82 Å². The number of halogens is 1. The zero-order valence-electron chi connectivity index (χ0n) is 13.8. The largest absolute Gasteiger partial charge is 0.320 e. The van der Waals surface area contributed by atoms with E-state index in [0.29, 0.717) is 22.3 Å². The van der Waals surface area contributed by atoms with Gasteiger partial charge in [-0.2, -0.15) is 5.10 Å². The van der Waals surface area contributed by atoms with Crippen LogP contribution >= 0.6 is 22.9 Å². The van der Waals surface area contributed by atoms with E-state index in [9.17, 15) is 4.79 Å². The van der Waals surface area contributed by atoms with Crippen LogP contribution in [-0.4, -0.2) is 25.7 Å². The van der Waals surface area contributed by atoms with Crippen LogP contribution in [0.15, 0.2) is 23.8 Å². The van der Waals surface area contributed by atoms with Crippen LogP contribution in [-0.2, 0) is 0 Å². The highest BCUT2D eigenvalue weighted by Gasteiger charge is 2.31. The summed E-state index contributed by atoms with van der Waals surface area (Å²) < 4.78 is 1.81. The predicted octanol–water partition coefficient (Wildman–Crippen LogP) is 4.12. The minimum absolute atomic E-state index is 0.175. The molecule has 0 atom stereocenters. The number of rotatable bonds is 4. The van der Waals surface area contributed by atoms with E-state index in [4.69, 9.17) is 11.6 Å². The van der Waals surface area contributed by atoms with Gasteiger partial charge < -0.3 is 5.32 Å². The number of thiazole rings is 1. The zero-order valence-corrected chi connectivity index (χ0v) is 15.4. The Hall–Kier alpha value is -2.25. The summed E-state index contributed by atoms with van der Waals surface area (Å²) in [4.78, 5) is 21.4. The third-order valence-corrected chi connectivity index (χ3v) is 5.55. The van der Waals surface area contributed by atoms with Gasteiger partial charge in [0.25, 0.3) is 5.91 Å². The number of carbonyl (C=O) groups is 1. The molecular weight excluding hydrogens is 358 g/mol. The lowest BCUT2D eigenvalue weighted by Gasteiger charge is -2.08. The summed E-state index contributed by atoms with van der Waals surface area (Å²) in [7, 11) is 0. The number of hydrogen-bond acceptors (Lipinski definition) is 5. The second-order valence-electron chi connectivity index (χ2n) is 6.10. The number of aromatic nitrogens is 4. The highest BCUT2D eigenvalue weighted by atomic mass is 35.5. The lowest BCUT2D eigenvalue weighted by molar-refractivity contribution is 0.103. The molecule has 1 aliphatic rings. The molecule has 3 heterocycles. The molecule has 0 radical (unpaired) electrons. The van der Waals surface area contributed by atoms with Crippen molar-refractivity contribution in [1.82, 2.24) is 19.7 Å². The predicted molar refractivity (Wildman–Crippen MR) is 97.9 cm³/mol. The lowest BCUT2D eigenvalue weighted by Crippen LogP contribution is -2.12. The number of aryl methyl sites for hydroxylation is 2. The first kappa shape index (κ1) is 16.2. The minimum Gasteiger partial charge on any atom is -0.320 e. The summed E-state index contributed by atoms with van der Waals surface area (Å²) in [5, 5.41) is 8.08. The molecule has 1 N–H and O–H groups in total. The molecule has 0 saturated heterocycles. The van der Waals surface area contributed by atoms with Crippen LogP contribution in [0.2, 0.25) is 5.02 Å². The molecule has 128 valence electrons. The molecular formula is C17H16ClN5OS. The van der Waals surface area contributed by atoms with Crippen molar-refractivity contribution in [1.29, 1.82) is 0 Å². The van der Waals surface area contributed by atoms with Crippen molar-refractivity contribution in [2.45, 2.75) is 32.6 Å². The molecule has 3 aromatic rings.